The van der Waals surface area contributed by atoms with Gasteiger partial charge in [0, 0.05) is 0 Å². The molecule has 0 aromatic carbocycles. The third-order valence-corrected chi connectivity index (χ3v) is 0.327. The fourth-order valence-corrected chi connectivity index (χ4v) is 0.0619. The normalized spacial score (nSPS) is 9.91. The zero-order valence-corrected chi connectivity index (χ0v) is 5.50. The second-order valence-electron chi connectivity index (χ2n) is 1.31. The summed E-state index contributed by atoms with van der Waals surface area (Å²) < 4.78 is 52.9. The lowest BCUT2D eigenvalue weighted by Crippen LogP contribution is -2.13. The zero-order chi connectivity index (χ0) is 9.33. The molecule has 0 aromatic heterocycles. The molecule has 0 aliphatic carbocycles. The Morgan fingerprint density at radius 1 is 1.36 bits per heavy atom. The predicted molar refractivity (Wildman–Crippen MR) is 29.3 cm³/mol. The van der Waals surface area contributed by atoms with Crippen LogP contribution in [0.1, 0.15) is 0 Å². The molecule has 0 radical (unpaired) electrons. The Morgan fingerprint density at radius 2 is 1.73 bits per heavy atom. The lowest BCUT2D eigenvalue weighted by atomic mass is 10.7. The number of halogens is 5. The van der Waals surface area contributed by atoms with E-state index in [1.807, 2.05) is 0 Å². The van der Waals surface area contributed by atoms with E-state index in [0.717, 1.165) is 0 Å². The van der Waals surface area contributed by atoms with Gasteiger partial charge in [-0.1, -0.05) is 6.08 Å². The van der Waals surface area contributed by atoms with Crippen LogP contribution in [0, 0.1) is 0 Å². The van der Waals surface area contributed by atoms with Crippen molar-refractivity contribution in [2.45, 2.75) is 6.18 Å². The monoisotopic (exact) mass is 178 g/mol. The van der Waals surface area contributed by atoms with Crippen LogP contribution in [-0.4, -0.2) is 19.5 Å². The smallest absolute Gasteiger partial charge is 0.247 e. The Balaban J connectivity index is 0. The highest BCUT2D eigenvalue weighted by Gasteiger charge is 2.27. The molecule has 0 rings (SSSR count). The van der Waals surface area contributed by atoms with E-state index in [1.54, 1.807) is 0 Å². The first-order valence-electron chi connectivity index (χ1n) is 2.45. The van der Waals surface area contributed by atoms with Gasteiger partial charge >= 0.3 is 6.18 Å². The molecule has 68 valence electrons. The van der Waals surface area contributed by atoms with Crippen molar-refractivity contribution in [2.24, 2.45) is 0 Å². The third kappa shape index (κ3) is 26.7. The highest BCUT2D eigenvalue weighted by atomic mass is 19.4. The van der Waals surface area contributed by atoms with Crippen molar-refractivity contribution in [3.63, 3.8) is 0 Å². The minimum atomic E-state index is -4.55. The van der Waals surface area contributed by atoms with Gasteiger partial charge in [-0.2, -0.15) is 18.1 Å². The Hall–Kier alpha value is -0.650. The van der Waals surface area contributed by atoms with E-state index in [1.165, 1.54) is 6.08 Å². The second-order valence-corrected chi connectivity index (χ2v) is 1.31. The van der Waals surface area contributed by atoms with E-state index in [0.29, 0.717) is 0 Å². The van der Waals surface area contributed by atoms with Gasteiger partial charge in [0.05, 0.1) is 0 Å². The summed E-state index contributed by atoms with van der Waals surface area (Å²) in [6.45, 7) is 0.861. The molecule has 0 spiro atoms. The summed E-state index contributed by atoms with van der Waals surface area (Å²) in [5, 5.41) is 0. The summed E-state index contributed by atoms with van der Waals surface area (Å²) in [5.41, 5.74) is 0. The Morgan fingerprint density at radius 3 is 1.73 bits per heavy atom. The van der Waals surface area contributed by atoms with Crippen LogP contribution in [0.5, 0.6) is 0 Å². The highest BCUT2D eigenvalue weighted by Crippen LogP contribution is 2.13. The van der Waals surface area contributed by atoms with Gasteiger partial charge in [-0.3, -0.25) is 0 Å². The molecular formula is C5H7F5O. The van der Waals surface area contributed by atoms with Crippen LogP contribution in [0.25, 0.3) is 0 Å². The van der Waals surface area contributed by atoms with E-state index in [-0.39, 0.29) is 0 Å². The molecule has 11 heavy (non-hydrogen) atoms. The maximum atomic E-state index is 10.7. The van der Waals surface area contributed by atoms with E-state index >= 15 is 0 Å². The number of hydrogen-bond acceptors (Lipinski definition) is 1. The van der Waals surface area contributed by atoms with Crippen molar-refractivity contribution < 1.29 is 27.0 Å². The summed E-state index contributed by atoms with van der Waals surface area (Å²) in [6.07, 6.45) is -3.34. The molecule has 0 saturated carbocycles. The lowest BCUT2D eigenvalue weighted by molar-refractivity contribution is -0.245. The summed E-state index contributed by atoms with van der Waals surface area (Å²) in [4.78, 5) is 2.28. The van der Waals surface area contributed by atoms with Crippen molar-refractivity contribution >= 4 is 0 Å². The van der Waals surface area contributed by atoms with Gasteiger partial charge < -0.3 is 0 Å². The van der Waals surface area contributed by atoms with E-state index in [9.17, 15) is 22.1 Å². The molecule has 0 bridgehead atoms. The van der Waals surface area contributed by atoms with E-state index < -0.39 is 19.5 Å². The van der Waals surface area contributed by atoms with Gasteiger partial charge in [0.15, 0.2) is 6.61 Å². The van der Waals surface area contributed by atoms with Crippen molar-refractivity contribution in [1.29, 1.82) is 0 Å². The summed E-state index contributed by atoms with van der Waals surface area (Å²) in [6, 6.07) is 0. The minimum Gasteiger partial charge on any atom is -0.247 e. The van der Waals surface area contributed by atoms with Crippen molar-refractivity contribution in [3.05, 3.63) is 12.7 Å². The van der Waals surface area contributed by atoms with Crippen LogP contribution in [-0.2, 0) is 4.94 Å². The number of allylic oxidation sites excluding steroid dienone is 1. The van der Waals surface area contributed by atoms with Crippen LogP contribution in [0.2, 0.25) is 0 Å². The quantitative estimate of drug-likeness (QED) is 0.466. The van der Waals surface area contributed by atoms with Gasteiger partial charge in [-0.05, 0) is 4.53 Å². The standard InChI is InChI=1S/C3H5F.C2H2F4O/c1-2-3-4;3-2(4,5)1-7-6/h2H,1,3H2;1H2. The molecule has 0 atom stereocenters. The first kappa shape index (κ1) is 13.0. The molecule has 6 heteroatoms. The number of rotatable bonds is 2. The molecule has 0 aliphatic heterocycles. The Bertz CT molecular complexity index is 89.4. The maximum absolute atomic E-state index is 10.7. The first-order valence-corrected chi connectivity index (χ1v) is 2.45. The molecule has 0 fully saturated rings. The van der Waals surface area contributed by atoms with Gasteiger partial charge in [0.1, 0.15) is 6.67 Å². The average molecular weight is 178 g/mol. The van der Waals surface area contributed by atoms with Crippen LogP contribution in [0.15, 0.2) is 12.7 Å². The minimum absolute atomic E-state index is 0.417. The molecule has 0 N–H and O–H groups in total. The van der Waals surface area contributed by atoms with Crippen LogP contribution < -0.4 is 0 Å². The van der Waals surface area contributed by atoms with Crippen molar-refractivity contribution in [1.82, 2.24) is 0 Å². The largest absolute Gasteiger partial charge is 0.415 e. The fraction of sp³-hybridized carbons (Fsp3) is 0.600. The second kappa shape index (κ2) is 7.46. The topological polar surface area (TPSA) is 9.23 Å². The van der Waals surface area contributed by atoms with Crippen LogP contribution in [0.3, 0.4) is 0 Å². The number of hydrogen-bond donors (Lipinski definition) is 0. The molecule has 0 heterocycles. The van der Waals surface area contributed by atoms with Gasteiger partial charge in [0.2, 0.25) is 0 Å². The third-order valence-electron chi connectivity index (χ3n) is 0.327. The van der Waals surface area contributed by atoms with Crippen molar-refractivity contribution in [3.8, 4) is 0 Å². The average Bonchev–Trinajstić information content (AvgIpc) is 1.86. The molecule has 0 amide bonds. The predicted octanol–water partition coefficient (Wildman–Crippen LogP) is 2.59. The SMILES string of the molecule is C=CCF.FOCC(F)(F)F. The van der Waals surface area contributed by atoms with E-state index in [4.69, 9.17) is 0 Å². The van der Waals surface area contributed by atoms with E-state index in [2.05, 4.69) is 11.5 Å². The molecule has 0 aromatic rings. The van der Waals surface area contributed by atoms with Crippen molar-refractivity contribution in [2.75, 3.05) is 13.3 Å². The molecule has 0 saturated heterocycles. The zero-order valence-electron chi connectivity index (χ0n) is 5.50. The molecular weight excluding hydrogens is 171 g/mol. The van der Waals surface area contributed by atoms with Gasteiger partial charge in [0.25, 0.3) is 0 Å². The molecule has 1 nitrogen and oxygen atoms in total. The summed E-state index contributed by atoms with van der Waals surface area (Å²) in [5.74, 6) is 0. The fourth-order valence-electron chi connectivity index (χ4n) is 0.0619. The molecule has 0 aliphatic rings. The highest BCUT2D eigenvalue weighted by molar-refractivity contribution is 4.61. The van der Waals surface area contributed by atoms with Gasteiger partial charge in [-0.25, -0.2) is 4.39 Å². The Kier molecular flexibility index (Phi) is 8.80. The maximum Gasteiger partial charge on any atom is 0.415 e. The molecule has 0 unspecified atom stereocenters. The number of alkyl halides is 4. The van der Waals surface area contributed by atoms with Gasteiger partial charge in [-0.15, -0.1) is 6.58 Å². The van der Waals surface area contributed by atoms with Crippen LogP contribution >= 0.6 is 0 Å². The lowest BCUT2D eigenvalue weighted by Gasteiger charge is -1.97. The summed E-state index contributed by atoms with van der Waals surface area (Å²) in [7, 11) is 0. The summed E-state index contributed by atoms with van der Waals surface area (Å²) >= 11 is 0. The Labute approximate surface area is 60.4 Å². The van der Waals surface area contributed by atoms with Crippen LogP contribution in [0.4, 0.5) is 22.1 Å². The first-order chi connectivity index (χ1) is 4.97.